The van der Waals surface area contributed by atoms with Crippen molar-refractivity contribution in [1.29, 1.82) is 0 Å². The number of halogens is 3. The lowest BCUT2D eigenvalue weighted by molar-refractivity contribution is -0.650. The number of aromatic nitrogens is 5. The largest absolute Gasteiger partial charge is 0.404 e. The molecule has 1 aromatic carbocycles. The summed E-state index contributed by atoms with van der Waals surface area (Å²) in [4.78, 5) is 20.7. The highest BCUT2D eigenvalue weighted by Crippen LogP contribution is 2.45. The van der Waals surface area contributed by atoms with Crippen molar-refractivity contribution in [2.45, 2.75) is 51.6 Å². The van der Waals surface area contributed by atoms with E-state index in [9.17, 15) is 18.0 Å². The van der Waals surface area contributed by atoms with Gasteiger partial charge in [0, 0.05) is 30.3 Å². The average Bonchev–Trinajstić information content (AvgIpc) is 3.36. The molecule has 36 heavy (non-hydrogen) atoms. The minimum absolute atomic E-state index is 0.0930. The van der Waals surface area contributed by atoms with Gasteiger partial charge in [-0.2, -0.15) is 9.50 Å². The molecule has 5 heterocycles. The van der Waals surface area contributed by atoms with E-state index in [4.69, 9.17) is 5.10 Å². The smallest absolute Gasteiger partial charge is 0.324 e. The summed E-state index contributed by atoms with van der Waals surface area (Å²) < 4.78 is 47.1. The van der Waals surface area contributed by atoms with Gasteiger partial charge in [-0.25, -0.2) is 17.7 Å². The van der Waals surface area contributed by atoms with E-state index in [1.54, 1.807) is 11.7 Å². The van der Waals surface area contributed by atoms with E-state index in [1.807, 2.05) is 47.0 Å². The van der Waals surface area contributed by atoms with Crippen LogP contribution >= 0.6 is 0 Å². The topological polar surface area (TPSA) is 59.3 Å². The fourth-order valence-electron chi connectivity index (χ4n) is 6.02. The molecule has 6 rings (SSSR count). The van der Waals surface area contributed by atoms with Crippen LogP contribution in [0, 0.1) is 31.3 Å². The van der Waals surface area contributed by atoms with Gasteiger partial charge in [-0.3, -0.25) is 9.48 Å². The maximum atomic E-state index is 14.2. The van der Waals surface area contributed by atoms with Crippen molar-refractivity contribution >= 4 is 11.7 Å². The predicted molar refractivity (Wildman–Crippen MR) is 125 cm³/mol. The summed E-state index contributed by atoms with van der Waals surface area (Å²) in [5, 5.41) is 4.72. The van der Waals surface area contributed by atoms with Crippen molar-refractivity contribution in [1.82, 2.24) is 24.1 Å². The number of amides is 1. The summed E-state index contributed by atoms with van der Waals surface area (Å²) in [5.41, 5.74) is 4.50. The summed E-state index contributed by atoms with van der Waals surface area (Å²) >= 11 is 0. The maximum absolute atomic E-state index is 14.2. The van der Waals surface area contributed by atoms with Crippen LogP contribution in [0.2, 0.25) is 0 Å². The fourth-order valence-corrected chi connectivity index (χ4v) is 6.02. The van der Waals surface area contributed by atoms with Crippen molar-refractivity contribution in [2.24, 2.45) is 14.1 Å². The van der Waals surface area contributed by atoms with Crippen LogP contribution in [0.5, 0.6) is 0 Å². The number of aryl methyl sites for hydroxylation is 4. The highest BCUT2D eigenvalue weighted by atomic mass is 19.2. The average molecular weight is 496 g/mol. The Hall–Kier alpha value is -3.69. The van der Waals surface area contributed by atoms with E-state index in [-0.39, 0.29) is 23.6 Å². The molecule has 2 aliphatic rings. The second-order valence-corrected chi connectivity index (χ2v) is 9.86. The molecule has 2 aliphatic heterocycles. The van der Waals surface area contributed by atoms with E-state index in [1.165, 1.54) is 0 Å². The molecule has 2 bridgehead atoms. The van der Waals surface area contributed by atoms with Crippen LogP contribution in [0.1, 0.15) is 58.4 Å². The third-order valence-electron chi connectivity index (χ3n) is 7.61. The Bertz CT molecular complexity index is 1550. The molecule has 1 saturated heterocycles. The molecule has 2 atom stereocenters. The molecule has 4 aromatic rings. The van der Waals surface area contributed by atoms with E-state index in [0.29, 0.717) is 29.3 Å². The van der Waals surface area contributed by atoms with Crippen molar-refractivity contribution in [3.63, 3.8) is 0 Å². The number of fused-ring (bicyclic) bond motifs is 5. The molecule has 10 heteroatoms. The molecule has 0 N–H and O–H groups in total. The van der Waals surface area contributed by atoms with Crippen molar-refractivity contribution in [3.8, 4) is 11.3 Å². The quantitative estimate of drug-likeness (QED) is 0.313. The third kappa shape index (κ3) is 3.12. The van der Waals surface area contributed by atoms with Gasteiger partial charge in [0.15, 0.2) is 23.1 Å². The molecular formula is C26H26F3N6O+. The Labute approximate surface area is 205 Å². The fraction of sp³-hybridized carbons (Fsp3) is 0.385. The summed E-state index contributed by atoms with van der Waals surface area (Å²) in [6.45, 7) is 3.80. The summed E-state index contributed by atoms with van der Waals surface area (Å²) in [5.74, 6) is -3.37. The van der Waals surface area contributed by atoms with Crippen LogP contribution in [0.3, 0.4) is 0 Å². The lowest BCUT2D eigenvalue weighted by atomic mass is 9.81. The standard InChI is InChI=1S/C26H26F3N6O/c1-13-8-9-32(3)26-30-14(2)23(34(13)26)25(36)35-16-6-5-7-20(35)22-17(12-16)24(33(4)31-22)15-10-18(27)21(29)19(28)11-15/h8-11,16,20H,5-7,12H2,1-4H3/q+1/t16-,20+/m1/s1. The molecule has 1 amide bonds. The van der Waals surface area contributed by atoms with Crippen molar-refractivity contribution in [2.75, 3.05) is 0 Å². The van der Waals surface area contributed by atoms with E-state index >= 15 is 0 Å². The molecule has 7 nitrogen and oxygen atoms in total. The van der Waals surface area contributed by atoms with E-state index in [0.717, 1.165) is 48.3 Å². The van der Waals surface area contributed by atoms with E-state index in [2.05, 4.69) is 4.98 Å². The number of hydrogen-bond donors (Lipinski definition) is 0. The van der Waals surface area contributed by atoms with Crippen LogP contribution in [0.15, 0.2) is 24.4 Å². The zero-order valence-electron chi connectivity index (χ0n) is 20.5. The van der Waals surface area contributed by atoms with Crippen LogP contribution in [-0.2, 0) is 20.5 Å². The second kappa shape index (κ2) is 7.91. The van der Waals surface area contributed by atoms with Gasteiger partial charge in [0.25, 0.3) is 5.91 Å². The number of nitrogens with zero attached hydrogens (tertiary/aromatic N) is 6. The SMILES string of the molecule is Cc1nc2n(c(C)cc[n+]2C)c1C(=O)N1[C@@H]2CCC[C@H]1c1nn(C)c(-c3cc(F)c(F)c(F)c3)c1C2. The minimum Gasteiger partial charge on any atom is -0.324 e. The second-order valence-electron chi connectivity index (χ2n) is 9.86. The first-order valence-corrected chi connectivity index (χ1v) is 12.0. The maximum Gasteiger partial charge on any atom is 0.404 e. The highest BCUT2D eigenvalue weighted by Gasteiger charge is 2.45. The number of imidazole rings is 1. The van der Waals surface area contributed by atoms with Crippen LogP contribution in [0.4, 0.5) is 13.2 Å². The lowest BCUT2D eigenvalue weighted by Gasteiger charge is -2.45. The van der Waals surface area contributed by atoms with Gasteiger partial charge in [-0.1, -0.05) is 4.98 Å². The van der Waals surface area contributed by atoms with E-state index < -0.39 is 17.5 Å². The zero-order chi connectivity index (χ0) is 25.5. The molecule has 0 aliphatic carbocycles. The number of hydrogen-bond acceptors (Lipinski definition) is 3. The first kappa shape index (κ1) is 22.8. The Morgan fingerprint density at radius 3 is 2.58 bits per heavy atom. The number of benzene rings is 1. The molecule has 3 aromatic heterocycles. The van der Waals surface area contributed by atoms with Gasteiger partial charge >= 0.3 is 5.78 Å². The Balaban J connectivity index is 1.48. The molecule has 0 spiro atoms. The zero-order valence-corrected chi connectivity index (χ0v) is 20.5. The normalized spacial score (nSPS) is 19.1. The number of rotatable bonds is 2. The summed E-state index contributed by atoms with van der Waals surface area (Å²) in [6, 6.07) is 3.61. The lowest BCUT2D eigenvalue weighted by Crippen LogP contribution is -2.50. The van der Waals surface area contributed by atoms with Crippen LogP contribution < -0.4 is 4.57 Å². The molecule has 186 valence electrons. The Morgan fingerprint density at radius 2 is 1.86 bits per heavy atom. The Morgan fingerprint density at radius 1 is 1.14 bits per heavy atom. The van der Waals surface area contributed by atoms with Gasteiger partial charge in [0.2, 0.25) is 5.69 Å². The van der Waals surface area contributed by atoms with Crippen molar-refractivity contribution < 1.29 is 22.5 Å². The first-order valence-electron chi connectivity index (χ1n) is 12.0. The number of piperidine rings is 1. The summed E-state index contributed by atoms with van der Waals surface area (Å²) in [7, 11) is 3.61. The summed E-state index contributed by atoms with van der Waals surface area (Å²) in [6.07, 6.45) is 4.92. The van der Waals surface area contributed by atoms with Crippen molar-refractivity contribution in [3.05, 3.63) is 70.2 Å². The third-order valence-corrected chi connectivity index (χ3v) is 7.61. The molecule has 0 radical (unpaired) electrons. The van der Waals surface area contributed by atoms with Gasteiger partial charge in [0.1, 0.15) is 0 Å². The van der Waals surface area contributed by atoms with Gasteiger partial charge < -0.3 is 4.90 Å². The molecule has 1 fully saturated rings. The van der Waals surface area contributed by atoms with Gasteiger partial charge in [0.05, 0.1) is 36.4 Å². The number of carbonyl (C=O) groups excluding carboxylic acids is 1. The van der Waals surface area contributed by atoms with Gasteiger partial charge in [-0.05, 0) is 51.7 Å². The van der Waals surface area contributed by atoms with Crippen LogP contribution in [-0.4, -0.2) is 36.0 Å². The highest BCUT2D eigenvalue weighted by molar-refractivity contribution is 5.95. The van der Waals surface area contributed by atoms with Crippen LogP contribution in [0.25, 0.3) is 17.0 Å². The monoisotopic (exact) mass is 495 g/mol. The Kier molecular flexibility index (Phi) is 5.00. The number of carbonyl (C=O) groups is 1. The predicted octanol–water partition coefficient (Wildman–Crippen LogP) is 3.89. The molecular weight excluding hydrogens is 469 g/mol. The molecule has 0 unspecified atom stereocenters. The minimum atomic E-state index is -1.49. The first-order chi connectivity index (χ1) is 17.2. The molecule has 0 saturated carbocycles. The van der Waals surface area contributed by atoms with Gasteiger partial charge in [-0.15, -0.1) is 0 Å².